The Morgan fingerprint density at radius 2 is 1.46 bits per heavy atom. The summed E-state index contributed by atoms with van der Waals surface area (Å²) in [6.07, 6.45) is 6.16. The van der Waals surface area contributed by atoms with E-state index >= 15 is 0 Å². The second-order valence-electron chi connectivity index (χ2n) is 7.59. The van der Waals surface area contributed by atoms with Gasteiger partial charge in [-0.05, 0) is 61.3 Å². The van der Waals surface area contributed by atoms with E-state index in [1.165, 1.54) is 48.2 Å². The maximum absolute atomic E-state index is 5.96. The van der Waals surface area contributed by atoms with Gasteiger partial charge in [0.25, 0.3) is 0 Å². The van der Waals surface area contributed by atoms with E-state index in [1.54, 1.807) is 5.56 Å². The van der Waals surface area contributed by atoms with Gasteiger partial charge in [-0.25, -0.2) is 0 Å². The lowest BCUT2D eigenvalue weighted by molar-refractivity contribution is 0.382. The van der Waals surface area contributed by atoms with E-state index in [-0.39, 0.29) is 0 Å². The molecule has 2 aromatic carbocycles. The second kappa shape index (κ2) is 6.35. The van der Waals surface area contributed by atoms with Gasteiger partial charge < -0.3 is 4.74 Å². The molecule has 0 bridgehead atoms. The molecule has 0 unspecified atom stereocenters. The summed E-state index contributed by atoms with van der Waals surface area (Å²) in [5.41, 5.74) is 7.24. The van der Waals surface area contributed by atoms with Crippen molar-refractivity contribution in [3.63, 3.8) is 0 Å². The smallest absolute Gasteiger partial charge is 0.201 e. The fourth-order valence-corrected chi connectivity index (χ4v) is 4.81. The normalized spacial score (nSPS) is 21.3. The molecule has 0 aliphatic heterocycles. The van der Waals surface area contributed by atoms with Gasteiger partial charge >= 0.3 is 0 Å². The van der Waals surface area contributed by atoms with E-state index in [4.69, 9.17) is 4.74 Å². The van der Waals surface area contributed by atoms with E-state index in [0.717, 1.165) is 12.3 Å². The lowest BCUT2D eigenvalue weighted by Crippen LogP contribution is -2.04. The van der Waals surface area contributed by atoms with Gasteiger partial charge in [0.1, 0.15) is 0 Å². The van der Waals surface area contributed by atoms with Crippen molar-refractivity contribution < 1.29 is 4.74 Å². The van der Waals surface area contributed by atoms with Crippen molar-refractivity contribution >= 4 is 0 Å². The van der Waals surface area contributed by atoms with Crippen LogP contribution in [-0.2, 0) is 12.8 Å². The first-order valence-corrected chi connectivity index (χ1v) is 9.79. The first-order valence-electron chi connectivity index (χ1n) is 9.79. The van der Waals surface area contributed by atoms with E-state index < -0.39 is 0 Å². The fraction of sp³-hybridized carbons (Fsp3) is 0.333. The average Bonchev–Trinajstić information content (AvgIpc) is 3.43. The van der Waals surface area contributed by atoms with Crippen molar-refractivity contribution in [3.8, 4) is 11.6 Å². The standard InChI is InChI=1S/C24H25NO/c1-26-24-20-15-9-8-14-19(20)23(25(24)18-12-6-3-7-13-18)22-16-21(22)17-10-4-2-5-11-17/h2-7,10-13,21-22H,8-9,14-16H2,1H3/t21-,22-/m1/s1. The van der Waals surface area contributed by atoms with Crippen LogP contribution in [0.4, 0.5) is 0 Å². The third-order valence-corrected chi connectivity index (χ3v) is 6.06. The number of benzene rings is 2. The van der Waals surface area contributed by atoms with Gasteiger partial charge in [0, 0.05) is 22.9 Å². The summed E-state index contributed by atoms with van der Waals surface area (Å²) < 4.78 is 8.38. The minimum atomic E-state index is 0.605. The minimum Gasteiger partial charge on any atom is -0.482 e. The zero-order valence-electron chi connectivity index (χ0n) is 15.3. The summed E-state index contributed by atoms with van der Waals surface area (Å²) in [6, 6.07) is 21.7. The molecule has 0 radical (unpaired) electrons. The van der Waals surface area contributed by atoms with Crippen molar-refractivity contribution in [2.45, 2.75) is 43.9 Å². The molecule has 2 aliphatic rings. The Kier molecular flexibility index (Phi) is 3.85. The maximum atomic E-state index is 5.96. The first-order chi connectivity index (χ1) is 12.9. The van der Waals surface area contributed by atoms with Gasteiger partial charge in [-0.1, -0.05) is 48.5 Å². The van der Waals surface area contributed by atoms with E-state index in [0.29, 0.717) is 11.8 Å². The van der Waals surface area contributed by atoms with Gasteiger partial charge in [-0.3, -0.25) is 4.57 Å². The molecule has 2 atom stereocenters. The van der Waals surface area contributed by atoms with Crippen LogP contribution in [0.5, 0.6) is 5.88 Å². The first kappa shape index (κ1) is 15.7. The summed E-state index contributed by atoms with van der Waals surface area (Å²) >= 11 is 0. The zero-order chi connectivity index (χ0) is 17.5. The highest BCUT2D eigenvalue weighted by molar-refractivity contribution is 5.55. The van der Waals surface area contributed by atoms with Crippen molar-refractivity contribution in [1.29, 1.82) is 0 Å². The fourth-order valence-electron chi connectivity index (χ4n) is 4.81. The van der Waals surface area contributed by atoms with Gasteiger partial charge in [0.15, 0.2) is 0 Å². The summed E-state index contributed by atoms with van der Waals surface area (Å²) in [5.74, 6) is 2.32. The van der Waals surface area contributed by atoms with Crippen molar-refractivity contribution in [2.24, 2.45) is 0 Å². The summed E-state index contributed by atoms with van der Waals surface area (Å²) in [5, 5.41) is 0. The Bertz CT molecular complexity index is 910. The van der Waals surface area contributed by atoms with Gasteiger partial charge in [0.05, 0.1) is 7.11 Å². The molecule has 1 heterocycles. The molecule has 2 heteroatoms. The topological polar surface area (TPSA) is 14.2 Å². The molecule has 2 aliphatic carbocycles. The monoisotopic (exact) mass is 343 g/mol. The lowest BCUT2D eigenvalue weighted by atomic mass is 9.92. The highest BCUT2D eigenvalue weighted by atomic mass is 16.5. The van der Waals surface area contributed by atoms with Gasteiger partial charge in [-0.2, -0.15) is 0 Å². The molecular weight excluding hydrogens is 318 g/mol. The molecule has 1 saturated carbocycles. The number of methoxy groups -OCH3 is 1. The number of fused-ring (bicyclic) bond motifs is 1. The number of para-hydroxylation sites is 1. The average molecular weight is 343 g/mol. The lowest BCUT2D eigenvalue weighted by Gasteiger charge is -2.14. The Labute approximate surface area is 155 Å². The largest absolute Gasteiger partial charge is 0.482 e. The summed E-state index contributed by atoms with van der Waals surface area (Å²) in [7, 11) is 1.83. The molecule has 132 valence electrons. The summed E-state index contributed by atoms with van der Waals surface area (Å²) in [6.45, 7) is 0. The van der Waals surface area contributed by atoms with Gasteiger partial charge in [-0.15, -0.1) is 0 Å². The molecule has 0 amide bonds. The number of ether oxygens (including phenoxy) is 1. The molecule has 5 rings (SSSR count). The van der Waals surface area contributed by atoms with Gasteiger partial charge in [0.2, 0.25) is 5.88 Å². The van der Waals surface area contributed by atoms with Crippen LogP contribution in [0, 0.1) is 0 Å². The summed E-state index contributed by atoms with van der Waals surface area (Å²) in [4.78, 5) is 0. The second-order valence-corrected chi connectivity index (χ2v) is 7.59. The predicted octanol–water partition coefficient (Wildman–Crippen LogP) is 5.64. The van der Waals surface area contributed by atoms with Crippen molar-refractivity contribution in [3.05, 3.63) is 83.0 Å². The molecular formula is C24H25NO. The van der Waals surface area contributed by atoms with Crippen LogP contribution in [0.3, 0.4) is 0 Å². The molecule has 2 nitrogen and oxygen atoms in total. The molecule has 0 saturated heterocycles. The third kappa shape index (κ3) is 2.47. The highest BCUT2D eigenvalue weighted by Crippen LogP contribution is 2.58. The molecule has 3 aromatic rings. The molecule has 0 spiro atoms. The van der Waals surface area contributed by atoms with Crippen LogP contribution >= 0.6 is 0 Å². The number of rotatable bonds is 4. The van der Waals surface area contributed by atoms with Crippen LogP contribution in [0.1, 0.15) is 53.5 Å². The van der Waals surface area contributed by atoms with Crippen LogP contribution < -0.4 is 4.74 Å². The SMILES string of the molecule is COc1c2c(c([C@@H]3C[C@@H]3c3ccccc3)n1-c1ccccc1)CCCC2. The van der Waals surface area contributed by atoms with Crippen LogP contribution in [0.2, 0.25) is 0 Å². The predicted molar refractivity (Wildman–Crippen MR) is 106 cm³/mol. The molecule has 1 fully saturated rings. The third-order valence-electron chi connectivity index (χ3n) is 6.06. The zero-order valence-corrected chi connectivity index (χ0v) is 15.3. The molecule has 26 heavy (non-hydrogen) atoms. The van der Waals surface area contributed by atoms with Crippen LogP contribution in [-0.4, -0.2) is 11.7 Å². The van der Waals surface area contributed by atoms with E-state index in [9.17, 15) is 0 Å². The number of nitrogens with zero attached hydrogens (tertiary/aromatic N) is 1. The quantitative estimate of drug-likeness (QED) is 0.598. The highest BCUT2D eigenvalue weighted by Gasteiger charge is 2.44. The molecule has 0 N–H and O–H groups in total. The van der Waals surface area contributed by atoms with Crippen molar-refractivity contribution in [2.75, 3.05) is 7.11 Å². The molecule has 1 aromatic heterocycles. The number of hydrogen-bond acceptors (Lipinski definition) is 1. The van der Waals surface area contributed by atoms with Crippen LogP contribution in [0.25, 0.3) is 5.69 Å². The van der Waals surface area contributed by atoms with Crippen LogP contribution in [0.15, 0.2) is 60.7 Å². The Morgan fingerprint density at radius 3 is 2.15 bits per heavy atom. The Hall–Kier alpha value is -2.48. The van der Waals surface area contributed by atoms with Crippen molar-refractivity contribution in [1.82, 2.24) is 4.57 Å². The Morgan fingerprint density at radius 1 is 0.808 bits per heavy atom. The maximum Gasteiger partial charge on any atom is 0.201 e. The minimum absolute atomic E-state index is 0.605. The number of hydrogen-bond donors (Lipinski definition) is 0. The van der Waals surface area contributed by atoms with E-state index in [2.05, 4.69) is 65.2 Å². The number of aromatic nitrogens is 1. The Balaban J connectivity index is 1.66. The van der Waals surface area contributed by atoms with E-state index in [1.807, 2.05) is 7.11 Å².